The highest BCUT2D eigenvalue weighted by Crippen LogP contribution is 2.36. The zero-order valence-electron chi connectivity index (χ0n) is 25.4. The number of carbonyl (C=O) groups is 2. The Labute approximate surface area is 249 Å². The number of ether oxygens (including phenoxy) is 1. The van der Waals surface area contributed by atoms with Gasteiger partial charge in [0.15, 0.2) is 0 Å². The molecule has 0 bridgehead atoms. The van der Waals surface area contributed by atoms with Gasteiger partial charge in [-0.2, -0.15) is 0 Å². The molecule has 1 aromatic heterocycles. The number of piperazine rings is 1. The lowest BCUT2D eigenvalue weighted by molar-refractivity contribution is -0.129. The van der Waals surface area contributed by atoms with Gasteiger partial charge < -0.3 is 29.2 Å². The molecule has 0 aliphatic carbocycles. The second-order valence-corrected chi connectivity index (χ2v) is 11.6. The smallest absolute Gasteiger partial charge is 0.225 e. The van der Waals surface area contributed by atoms with Crippen LogP contribution in [0, 0.1) is 13.8 Å². The first kappa shape index (κ1) is 29.5. The molecule has 1 N–H and O–H groups in total. The van der Waals surface area contributed by atoms with Gasteiger partial charge in [-0.3, -0.25) is 9.59 Å². The highest BCUT2D eigenvalue weighted by atomic mass is 16.5. The van der Waals surface area contributed by atoms with Crippen molar-refractivity contribution in [1.82, 2.24) is 10.2 Å². The van der Waals surface area contributed by atoms with E-state index in [-0.39, 0.29) is 18.2 Å². The molecule has 1 atom stereocenters. The molecule has 2 fully saturated rings. The van der Waals surface area contributed by atoms with Crippen molar-refractivity contribution in [3.05, 3.63) is 76.7 Å². The standard InChI is InChI=1S/C34H44N4O4/c1-24-9-11-28(37-19-17-36(18-20-37)26(3)39)21-27(24)22-33(40)35-34(32-14-10-25(2)42-32)30-13-12-29(41-4)23-31(30)38-15-7-5-6-8-16-38/h9-14,21,23,34H,5-8,15-20,22H2,1-4H3,(H,35,40). The Morgan fingerprint density at radius 1 is 0.881 bits per heavy atom. The van der Waals surface area contributed by atoms with Crippen LogP contribution in [0.15, 0.2) is 52.9 Å². The first-order valence-electron chi connectivity index (χ1n) is 15.2. The second-order valence-electron chi connectivity index (χ2n) is 11.6. The van der Waals surface area contributed by atoms with Crippen LogP contribution >= 0.6 is 0 Å². The van der Waals surface area contributed by atoms with Crippen LogP contribution in [-0.4, -0.2) is 63.1 Å². The van der Waals surface area contributed by atoms with Gasteiger partial charge in [-0.25, -0.2) is 0 Å². The van der Waals surface area contributed by atoms with Gasteiger partial charge in [0, 0.05) is 69.2 Å². The highest BCUT2D eigenvalue weighted by molar-refractivity contribution is 5.81. The molecule has 8 heteroatoms. The number of anilines is 2. The molecule has 2 aromatic carbocycles. The summed E-state index contributed by atoms with van der Waals surface area (Å²) >= 11 is 0. The normalized spacial score (nSPS) is 16.6. The van der Waals surface area contributed by atoms with Crippen molar-refractivity contribution in [1.29, 1.82) is 0 Å². The first-order chi connectivity index (χ1) is 20.3. The lowest BCUT2D eigenvalue weighted by atomic mass is 9.99. The Kier molecular flexibility index (Phi) is 9.40. The molecule has 3 heterocycles. The van der Waals surface area contributed by atoms with Crippen LogP contribution in [0.4, 0.5) is 11.4 Å². The molecular formula is C34H44N4O4. The van der Waals surface area contributed by atoms with Crippen molar-refractivity contribution in [2.24, 2.45) is 0 Å². The number of methoxy groups -OCH3 is 1. The van der Waals surface area contributed by atoms with E-state index < -0.39 is 6.04 Å². The van der Waals surface area contributed by atoms with Gasteiger partial charge in [0.05, 0.1) is 13.5 Å². The number of nitrogens with zero attached hydrogens (tertiary/aromatic N) is 3. The molecule has 3 aromatic rings. The molecule has 2 amide bonds. The number of hydrogen-bond acceptors (Lipinski definition) is 6. The molecule has 0 spiro atoms. The average molecular weight is 573 g/mol. The molecule has 2 aliphatic rings. The SMILES string of the molecule is COc1ccc(C(NC(=O)Cc2cc(N3CCN(C(C)=O)CC3)ccc2C)c2ccc(C)o2)c(N2CCCCCC2)c1. The van der Waals surface area contributed by atoms with E-state index in [0.717, 1.165) is 84.4 Å². The Hall–Kier alpha value is -3.94. The van der Waals surface area contributed by atoms with Crippen LogP contribution in [0.2, 0.25) is 0 Å². The number of benzene rings is 2. The Morgan fingerprint density at radius 2 is 1.62 bits per heavy atom. The van der Waals surface area contributed by atoms with Crippen molar-refractivity contribution < 1.29 is 18.7 Å². The van der Waals surface area contributed by atoms with Gasteiger partial charge in [0.1, 0.15) is 23.3 Å². The lowest BCUT2D eigenvalue weighted by Gasteiger charge is -2.36. The van der Waals surface area contributed by atoms with Crippen molar-refractivity contribution in [3.8, 4) is 5.75 Å². The molecule has 224 valence electrons. The number of carbonyl (C=O) groups excluding carboxylic acids is 2. The summed E-state index contributed by atoms with van der Waals surface area (Å²) in [5, 5.41) is 3.33. The maximum absolute atomic E-state index is 13.8. The molecule has 8 nitrogen and oxygen atoms in total. The Bertz CT molecular complexity index is 1380. The van der Waals surface area contributed by atoms with E-state index in [4.69, 9.17) is 9.15 Å². The lowest BCUT2D eigenvalue weighted by Crippen LogP contribution is -2.48. The van der Waals surface area contributed by atoms with Crippen LogP contribution in [-0.2, 0) is 16.0 Å². The van der Waals surface area contributed by atoms with Crippen molar-refractivity contribution in [2.75, 3.05) is 56.2 Å². The summed E-state index contributed by atoms with van der Waals surface area (Å²) in [7, 11) is 1.69. The predicted octanol–water partition coefficient (Wildman–Crippen LogP) is 5.40. The second kappa shape index (κ2) is 13.4. The third-order valence-electron chi connectivity index (χ3n) is 8.62. The maximum atomic E-state index is 13.8. The highest BCUT2D eigenvalue weighted by Gasteiger charge is 2.27. The number of rotatable bonds is 8. The monoisotopic (exact) mass is 572 g/mol. The molecule has 42 heavy (non-hydrogen) atoms. The van der Waals surface area contributed by atoms with Gasteiger partial charge in [-0.1, -0.05) is 25.0 Å². The van der Waals surface area contributed by atoms with E-state index in [0.29, 0.717) is 13.1 Å². The van der Waals surface area contributed by atoms with Gasteiger partial charge in [-0.15, -0.1) is 0 Å². The number of nitrogens with one attached hydrogen (secondary N) is 1. The minimum atomic E-state index is -0.432. The summed E-state index contributed by atoms with van der Waals surface area (Å²) in [5.41, 5.74) is 5.25. The first-order valence-corrected chi connectivity index (χ1v) is 15.2. The van der Waals surface area contributed by atoms with E-state index in [9.17, 15) is 9.59 Å². The van der Waals surface area contributed by atoms with Crippen LogP contribution in [0.25, 0.3) is 0 Å². The summed E-state index contributed by atoms with van der Waals surface area (Å²) in [6.45, 7) is 10.5. The average Bonchev–Trinajstić information content (AvgIpc) is 3.24. The molecule has 2 aliphatic heterocycles. The minimum absolute atomic E-state index is 0.0617. The number of furan rings is 1. The van der Waals surface area contributed by atoms with E-state index in [1.807, 2.05) is 36.9 Å². The van der Waals surface area contributed by atoms with E-state index >= 15 is 0 Å². The summed E-state index contributed by atoms with van der Waals surface area (Å²) in [6, 6.07) is 15.9. The van der Waals surface area contributed by atoms with E-state index in [2.05, 4.69) is 45.4 Å². The Morgan fingerprint density at radius 3 is 2.26 bits per heavy atom. The molecule has 0 radical (unpaired) electrons. The summed E-state index contributed by atoms with van der Waals surface area (Å²) in [5.74, 6) is 2.38. The van der Waals surface area contributed by atoms with E-state index in [1.165, 1.54) is 12.8 Å². The van der Waals surface area contributed by atoms with Crippen molar-refractivity contribution in [3.63, 3.8) is 0 Å². The molecular weight excluding hydrogens is 528 g/mol. The van der Waals surface area contributed by atoms with Gasteiger partial charge in [0.25, 0.3) is 0 Å². The fourth-order valence-electron chi connectivity index (χ4n) is 6.10. The summed E-state index contributed by atoms with van der Waals surface area (Å²) < 4.78 is 11.7. The Balaban J connectivity index is 1.40. The molecule has 2 saturated heterocycles. The van der Waals surface area contributed by atoms with E-state index in [1.54, 1.807) is 14.0 Å². The number of amides is 2. The predicted molar refractivity (Wildman–Crippen MR) is 166 cm³/mol. The quantitative estimate of drug-likeness (QED) is 0.389. The fraction of sp³-hybridized carbons (Fsp3) is 0.471. The third-order valence-corrected chi connectivity index (χ3v) is 8.62. The van der Waals surface area contributed by atoms with Crippen LogP contribution in [0.5, 0.6) is 5.75 Å². The third kappa shape index (κ3) is 6.92. The molecule has 5 rings (SSSR count). The summed E-state index contributed by atoms with van der Waals surface area (Å²) in [4.78, 5) is 32.1. The molecule has 0 saturated carbocycles. The fourth-order valence-corrected chi connectivity index (χ4v) is 6.10. The van der Waals surface area contributed by atoms with Gasteiger partial charge in [0.2, 0.25) is 11.8 Å². The van der Waals surface area contributed by atoms with Gasteiger partial charge in [-0.05, 0) is 68.1 Å². The molecule has 1 unspecified atom stereocenters. The van der Waals surface area contributed by atoms with Crippen LogP contribution in [0.1, 0.15) is 66.9 Å². The zero-order valence-corrected chi connectivity index (χ0v) is 25.4. The minimum Gasteiger partial charge on any atom is -0.497 e. The summed E-state index contributed by atoms with van der Waals surface area (Å²) in [6.07, 6.45) is 5.02. The van der Waals surface area contributed by atoms with Crippen molar-refractivity contribution in [2.45, 2.75) is 58.9 Å². The largest absolute Gasteiger partial charge is 0.497 e. The van der Waals surface area contributed by atoms with Crippen LogP contribution in [0.3, 0.4) is 0 Å². The zero-order chi connectivity index (χ0) is 29.6. The maximum Gasteiger partial charge on any atom is 0.225 e. The topological polar surface area (TPSA) is 78.3 Å². The van der Waals surface area contributed by atoms with Crippen LogP contribution < -0.4 is 19.9 Å². The number of aryl methyl sites for hydroxylation is 2. The van der Waals surface area contributed by atoms with Crippen molar-refractivity contribution >= 4 is 23.2 Å². The number of hydrogen-bond donors (Lipinski definition) is 1. The van der Waals surface area contributed by atoms with Gasteiger partial charge >= 0.3 is 0 Å².